The van der Waals surface area contributed by atoms with E-state index in [-0.39, 0.29) is 31.2 Å². The normalized spacial score (nSPS) is 11.7. The van der Waals surface area contributed by atoms with Gasteiger partial charge in [0.15, 0.2) is 0 Å². The fourth-order valence-corrected chi connectivity index (χ4v) is 1.07. The average molecular weight is 277 g/mol. The molecule has 4 N–H and O–H groups in total. The third-order valence-electron chi connectivity index (χ3n) is 2.05. The van der Waals surface area contributed by atoms with Crippen molar-refractivity contribution in [3.63, 3.8) is 0 Å². The number of aliphatic hydroxyl groups excluding tert-OH is 1. The first-order valence-electron chi connectivity index (χ1n) is 6.11. The van der Waals surface area contributed by atoms with E-state index in [2.05, 4.69) is 16.0 Å². The summed E-state index contributed by atoms with van der Waals surface area (Å²) >= 11 is 0. The van der Waals surface area contributed by atoms with Gasteiger partial charge >= 0.3 is 6.03 Å². The number of carbonyl (C=O) groups excluding carboxylic acids is 2. The molecule has 8 nitrogen and oxygen atoms in total. The summed E-state index contributed by atoms with van der Waals surface area (Å²) in [5.41, 5.74) is 0. The van der Waals surface area contributed by atoms with E-state index in [1.807, 2.05) is 0 Å². The summed E-state index contributed by atoms with van der Waals surface area (Å²) in [6.45, 7) is 2.95. The SMILES string of the molecule is CNC(=O)NCCOCCOCC(=O)NC(C)CO. The molecule has 1 unspecified atom stereocenters. The zero-order valence-electron chi connectivity index (χ0n) is 11.4. The molecule has 0 saturated heterocycles. The van der Waals surface area contributed by atoms with Crippen molar-refractivity contribution in [2.75, 3.05) is 46.6 Å². The second-order valence-corrected chi connectivity index (χ2v) is 3.82. The third-order valence-corrected chi connectivity index (χ3v) is 2.05. The highest BCUT2D eigenvalue weighted by atomic mass is 16.5. The lowest BCUT2D eigenvalue weighted by molar-refractivity contribution is -0.127. The van der Waals surface area contributed by atoms with Crippen LogP contribution in [0.1, 0.15) is 6.92 Å². The maximum atomic E-state index is 11.2. The van der Waals surface area contributed by atoms with Gasteiger partial charge in [-0.25, -0.2) is 4.79 Å². The van der Waals surface area contributed by atoms with Crippen molar-refractivity contribution in [2.45, 2.75) is 13.0 Å². The molecule has 0 spiro atoms. The van der Waals surface area contributed by atoms with Crippen molar-refractivity contribution in [3.05, 3.63) is 0 Å². The average Bonchev–Trinajstić information content (AvgIpc) is 2.41. The molecule has 8 heteroatoms. The largest absolute Gasteiger partial charge is 0.394 e. The van der Waals surface area contributed by atoms with Crippen LogP contribution in [0.4, 0.5) is 4.79 Å². The second kappa shape index (κ2) is 11.7. The van der Waals surface area contributed by atoms with Crippen LogP contribution in [0.3, 0.4) is 0 Å². The molecular weight excluding hydrogens is 254 g/mol. The molecule has 1 atom stereocenters. The van der Waals surface area contributed by atoms with Gasteiger partial charge in [0.05, 0.1) is 26.4 Å². The number of aliphatic hydroxyl groups is 1. The van der Waals surface area contributed by atoms with Gasteiger partial charge in [0.2, 0.25) is 5.91 Å². The monoisotopic (exact) mass is 277 g/mol. The van der Waals surface area contributed by atoms with Gasteiger partial charge in [0.1, 0.15) is 6.61 Å². The topological polar surface area (TPSA) is 109 Å². The fraction of sp³-hybridized carbons (Fsp3) is 0.818. The highest BCUT2D eigenvalue weighted by Gasteiger charge is 2.05. The molecule has 0 aromatic carbocycles. The Hall–Kier alpha value is -1.38. The zero-order valence-corrected chi connectivity index (χ0v) is 11.4. The van der Waals surface area contributed by atoms with Gasteiger partial charge in [0.25, 0.3) is 0 Å². The minimum atomic E-state index is -0.275. The first-order chi connectivity index (χ1) is 9.10. The van der Waals surface area contributed by atoms with Crippen molar-refractivity contribution in [2.24, 2.45) is 0 Å². The Bertz CT molecular complexity index is 263. The minimum absolute atomic E-state index is 0.0653. The highest BCUT2D eigenvalue weighted by molar-refractivity contribution is 5.77. The Morgan fingerprint density at radius 3 is 2.53 bits per heavy atom. The predicted molar refractivity (Wildman–Crippen MR) is 68.8 cm³/mol. The maximum absolute atomic E-state index is 11.2. The standard InChI is InChI=1S/C11H23N3O5/c1-9(7-15)14-10(16)8-19-6-5-18-4-3-13-11(17)12-2/h9,15H,3-8H2,1-2H3,(H,14,16)(H2,12,13,17). The Labute approximate surface area is 112 Å². The summed E-state index contributed by atoms with van der Waals surface area (Å²) in [5, 5.41) is 16.3. The van der Waals surface area contributed by atoms with Crippen LogP contribution in [0.15, 0.2) is 0 Å². The lowest BCUT2D eigenvalue weighted by Crippen LogP contribution is -2.37. The van der Waals surface area contributed by atoms with Crippen LogP contribution in [0.2, 0.25) is 0 Å². The smallest absolute Gasteiger partial charge is 0.314 e. The van der Waals surface area contributed by atoms with Gasteiger partial charge in [0, 0.05) is 19.6 Å². The van der Waals surface area contributed by atoms with E-state index < -0.39 is 0 Å². The fourth-order valence-electron chi connectivity index (χ4n) is 1.07. The molecule has 3 amide bonds. The van der Waals surface area contributed by atoms with Gasteiger partial charge in [-0.05, 0) is 6.92 Å². The molecular formula is C11H23N3O5. The van der Waals surface area contributed by atoms with E-state index in [9.17, 15) is 9.59 Å². The zero-order chi connectivity index (χ0) is 14.5. The Morgan fingerprint density at radius 1 is 1.21 bits per heavy atom. The van der Waals surface area contributed by atoms with Crippen LogP contribution < -0.4 is 16.0 Å². The second-order valence-electron chi connectivity index (χ2n) is 3.82. The summed E-state index contributed by atoms with van der Waals surface area (Å²) in [6, 6.07) is -0.530. The minimum Gasteiger partial charge on any atom is -0.394 e. The Balaban J connectivity index is 3.27. The van der Waals surface area contributed by atoms with E-state index in [4.69, 9.17) is 14.6 Å². The van der Waals surface area contributed by atoms with Gasteiger partial charge in [-0.3, -0.25) is 4.79 Å². The molecule has 0 rings (SSSR count). The molecule has 0 aliphatic rings. The maximum Gasteiger partial charge on any atom is 0.314 e. The molecule has 0 heterocycles. The first kappa shape index (κ1) is 17.6. The molecule has 0 radical (unpaired) electrons. The van der Waals surface area contributed by atoms with E-state index in [1.54, 1.807) is 6.92 Å². The summed E-state index contributed by atoms with van der Waals surface area (Å²) in [6.07, 6.45) is 0. The summed E-state index contributed by atoms with van der Waals surface area (Å²) < 4.78 is 10.2. The summed E-state index contributed by atoms with van der Waals surface area (Å²) in [4.78, 5) is 22.0. The summed E-state index contributed by atoms with van der Waals surface area (Å²) in [7, 11) is 1.53. The number of amides is 3. The van der Waals surface area contributed by atoms with Crippen molar-refractivity contribution in [1.82, 2.24) is 16.0 Å². The molecule has 0 aliphatic heterocycles. The van der Waals surface area contributed by atoms with Crippen LogP contribution in [0.25, 0.3) is 0 Å². The molecule has 0 saturated carbocycles. The molecule has 112 valence electrons. The third kappa shape index (κ3) is 11.4. The number of nitrogens with one attached hydrogen (secondary N) is 3. The van der Waals surface area contributed by atoms with E-state index in [0.29, 0.717) is 26.4 Å². The molecule has 0 aliphatic carbocycles. The molecule has 19 heavy (non-hydrogen) atoms. The lowest BCUT2D eigenvalue weighted by atomic mass is 10.3. The number of urea groups is 1. The Kier molecular flexibility index (Phi) is 10.8. The van der Waals surface area contributed by atoms with Crippen molar-refractivity contribution in [1.29, 1.82) is 0 Å². The number of ether oxygens (including phenoxy) is 2. The van der Waals surface area contributed by atoms with Crippen LogP contribution >= 0.6 is 0 Å². The van der Waals surface area contributed by atoms with Gasteiger partial charge in [-0.1, -0.05) is 0 Å². The van der Waals surface area contributed by atoms with Crippen LogP contribution in [0, 0.1) is 0 Å². The van der Waals surface area contributed by atoms with Crippen molar-refractivity contribution < 1.29 is 24.2 Å². The molecule has 0 fully saturated rings. The summed E-state index contributed by atoms with van der Waals surface area (Å²) in [5.74, 6) is -0.275. The van der Waals surface area contributed by atoms with Gasteiger partial charge in [-0.15, -0.1) is 0 Å². The first-order valence-corrected chi connectivity index (χ1v) is 6.11. The Morgan fingerprint density at radius 2 is 1.89 bits per heavy atom. The number of hydrogen-bond donors (Lipinski definition) is 4. The molecule has 0 aromatic heterocycles. The lowest BCUT2D eigenvalue weighted by Gasteiger charge is -2.11. The van der Waals surface area contributed by atoms with E-state index in [0.717, 1.165) is 0 Å². The predicted octanol–water partition coefficient (Wildman–Crippen LogP) is -1.55. The highest BCUT2D eigenvalue weighted by Crippen LogP contribution is 1.82. The number of hydrogen-bond acceptors (Lipinski definition) is 5. The molecule has 0 aromatic rings. The number of rotatable bonds is 10. The van der Waals surface area contributed by atoms with Crippen LogP contribution in [-0.2, 0) is 14.3 Å². The molecule has 0 bridgehead atoms. The van der Waals surface area contributed by atoms with Gasteiger partial charge < -0.3 is 30.5 Å². The number of carbonyl (C=O) groups is 2. The van der Waals surface area contributed by atoms with Gasteiger partial charge in [-0.2, -0.15) is 0 Å². The quantitative estimate of drug-likeness (QED) is 0.361. The van der Waals surface area contributed by atoms with Crippen LogP contribution in [-0.4, -0.2) is 69.7 Å². The van der Waals surface area contributed by atoms with Crippen molar-refractivity contribution in [3.8, 4) is 0 Å². The van der Waals surface area contributed by atoms with E-state index >= 15 is 0 Å². The van der Waals surface area contributed by atoms with Crippen molar-refractivity contribution >= 4 is 11.9 Å². The van der Waals surface area contributed by atoms with Crippen LogP contribution in [0.5, 0.6) is 0 Å². The van der Waals surface area contributed by atoms with E-state index in [1.165, 1.54) is 7.05 Å².